The molecule has 2 aromatic carbocycles. The van der Waals surface area contributed by atoms with Gasteiger partial charge in [0.05, 0.1) is 6.54 Å². The molecule has 3 aromatic rings. The molecule has 1 aliphatic rings. The lowest BCUT2D eigenvalue weighted by molar-refractivity contribution is 0.128. The standard InChI is InChI=1S/C21H23N5O2/c27-21(22-15-17-7-3-1-4-8-17)26-13-11-25(12-14-26)16-19-23-24-20(28-19)18-9-5-2-6-10-18/h1-10H,11-16H2,(H,22,27). The van der Waals surface area contributed by atoms with Crippen LogP contribution in [0.4, 0.5) is 4.79 Å². The van der Waals surface area contributed by atoms with Crippen LogP contribution in [0.1, 0.15) is 11.5 Å². The number of amides is 2. The molecule has 4 rings (SSSR count). The summed E-state index contributed by atoms with van der Waals surface area (Å²) in [7, 11) is 0. The van der Waals surface area contributed by atoms with E-state index in [1.54, 1.807) is 0 Å². The molecular formula is C21H23N5O2. The number of nitrogens with zero attached hydrogens (tertiary/aromatic N) is 4. The van der Waals surface area contributed by atoms with Gasteiger partial charge in [-0.25, -0.2) is 4.79 Å². The SMILES string of the molecule is O=C(NCc1ccccc1)N1CCN(Cc2nnc(-c3ccccc3)o2)CC1. The summed E-state index contributed by atoms with van der Waals surface area (Å²) < 4.78 is 5.78. The van der Waals surface area contributed by atoms with Crippen molar-refractivity contribution in [1.29, 1.82) is 0 Å². The van der Waals surface area contributed by atoms with E-state index in [4.69, 9.17) is 4.42 Å². The highest BCUT2D eigenvalue weighted by molar-refractivity contribution is 5.74. The average Bonchev–Trinajstić information content (AvgIpc) is 3.22. The third-order valence-electron chi connectivity index (χ3n) is 4.79. The number of aromatic nitrogens is 2. The number of rotatable bonds is 5. The average molecular weight is 377 g/mol. The molecule has 0 bridgehead atoms. The van der Waals surface area contributed by atoms with E-state index in [0.29, 0.717) is 38.0 Å². The van der Waals surface area contributed by atoms with Crippen LogP contribution in [-0.4, -0.2) is 52.2 Å². The van der Waals surface area contributed by atoms with Crippen molar-refractivity contribution in [3.8, 4) is 11.5 Å². The van der Waals surface area contributed by atoms with E-state index >= 15 is 0 Å². The first-order chi connectivity index (χ1) is 13.8. The minimum absolute atomic E-state index is 0.0207. The lowest BCUT2D eigenvalue weighted by atomic mass is 10.2. The lowest BCUT2D eigenvalue weighted by Gasteiger charge is -2.33. The van der Waals surface area contributed by atoms with Gasteiger partial charge in [0.15, 0.2) is 0 Å². The van der Waals surface area contributed by atoms with Crippen LogP contribution in [0.2, 0.25) is 0 Å². The summed E-state index contributed by atoms with van der Waals surface area (Å²) in [5, 5.41) is 11.3. The molecule has 1 N–H and O–H groups in total. The fourth-order valence-electron chi connectivity index (χ4n) is 3.20. The normalized spacial score (nSPS) is 14.8. The fraction of sp³-hybridized carbons (Fsp3) is 0.286. The van der Waals surface area contributed by atoms with E-state index in [9.17, 15) is 4.79 Å². The molecule has 7 nitrogen and oxygen atoms in total. The largest absolute Gasteiger partial charge is 0.419 e. The van der Waals surface area contributed by atoms with Crippen LogP contribution >= 0.6 is 0 Å². The van der Waals surface area contributed by atoms with Gasteiger partial charge >= 0.3 is 6.03 Å². The van der Waals surface area contributed by atoms with Crippen molar-refractivity contribution in [1.82, 2.24) is 25.3 Å². The molecule has 0 unspecified atom stereocenters. The molecular weight excluding hydrogens is 354 g/mol. The molecule has 1 aliphatic heterocycles. The summed E-state index contributed by atoms with van der Waals surface area (Å²) in [6.45, 7) is 4.06. The van der Waals surface area contributed by atoms with Crippen molar-refractivity contribution < 1.29 is 9.21 Å². The molecule has 2 heterocycles. The van der Waals surface area contributed by atoms with E-state index in [0.717, 1.165) is 24.2 Å². The van der Waals surface area contributed by atoms with Crippen LogP contribution in [0.25, 0.3) is 11.5 Å². The van der Waals surface area contributed by atoms with Gasteiger partial charge in [0.25, 0.3) is 0 Å². The van der Waals surface area contributed by atoms with Crippen molar-refractivity contribution in [2.75, 3.05) is 26.2 Å². The number of urea groups is 1. The van der Waals surface area contributed by atoms with E-state index in [1.807, 2.05) is 65.6 Å². The van der Waals surface area contributed by atoms with Crippen molar-refractivity contribution >= 4 is 6.03 Å². The van der Waals surface area contributed by atoms with Crippen molar-refractivity contribution in [3.63, 3.8) is 0 Å². The molecule has 28 heavy (non-hydrogen) atoms. The molecule has 7 heteroatoms. The van der Waals surface area contributed by atoms with Gasteiger partial charge in [-0.05, 0) is 17.7 Å². The highest BCUT2D eigenvalue weighted by Crippen LogP contribution is 2.18. The second-order valence-electron chi connectivity index (χ2n) is 6.77. The third-order valence-corrected chi connectivity index (χ3v) is 4.79. The molecule has 0 spiro atoms. The predicted octanol–water partition coefficient (Wildman–Crippen LogP) is 2.76. The molecule has 0 aliphatic carbocycles. The van der Waals surface area contributed by atoms with Crippen LogP contribution in [0.5, 0.6) is 0 Å². The summed E-state index contributed by atoms with van der Waals surface area (Å²) in [5.74, 6) is 1.13. The van der Waals surface area contributed by atoms with Crippen molar-refractivity contribution in [3.05, 3.63) is 72.1 Å². The molecule has 1 saturated heterocycles. The Kier molecular flexibility index (Phi) is 5.63. The zero-order valence-corrected chi connectivity index (χ0v) is 15.6. The number of nitrogens with one attached hydrogen (secondary N) is 1. The molecule has 0 radical (unpaired) electrons. The first kappa shape index (κ1) is 18.2. The lowest BCUT2D eigenvalue weighted by Crippen LogP contribution is -2.51. The Morgan fingerprint density at radius 2 is 1.61 bits per heavy atom. The van der Waals surface area contributed by atoms with E-state index in [2.05, 4.69) is 20.4 Å². The number of benzene rings is 2. The zero-order valence-electron chi connectivity index (χ0n) is 15.6. The topological polar surface area (TPSA) is 74.5 Å². The van der Waals surface area contributed by atoms with Crippen LogP contribution in [0.3, 0.4) is 0 Å². The molecule has 0 atom stereocenters. The Morgan fingerprint density at radius 1 is 0.929 bits per heavy atom. The minimum Gasteiger partial charge on any atom is -0.419 e. The van der Waals surface area contributed by atoms with Gasteiger partial charge in [-0.1, -0.05) is 48.5 Å². The third kappa shape index (κ3) is 4.55. The summed E-state index contributed by atoms with van der Waals surface area (Å²) in [6, 6.07) is 19.7. The summed E-state index contributed by atoms with van der Waals surface area (Å²) in [6.07, 6.45) is 0. The summed E-state index contributed by atoms with van der Waals surface area (Å²) in [4.78, 5) is 16.4. The number of hydrogen-bond acceptors (Lipinski definition) is 5. The number of carbonyl (C=O) groups is 1. The van der Waals surface area contributed by atoms with E-state index in [1.165, 1.54) is 0 Å². The van der Waals surface area contributed by atoms with Crippen LogP contribution in [0, 0.1) is 0 Å². The first-order valence-electron chi connectivity index (χ1n) is 9.45. The van der Waals surface area contributed by atoms with Crippen LogP contribution in [0.15, 0.2) is 65.1 Å². The minimum atomic E-state index is -0.0207. The van der Waals surface area contributed by atoms with Crippen molar-refractivity contribution in [2.45, 2.75) is 13.1 Å². The second-order valence-corrected chi connectivity index (χ2v) is 6.77. The Hall–Kier alpha value is -3.19. The Bertz CT molecular complexity index is 889. The molecule has 1 aromatic heterocycles. The van der Waals surface area contributed by atoms with Gasteiger partial charge < -0.3 is 14.6 Å². The Morgan fingerprint density at radius 3 is 2.32 bits per heavy atom. The Labute approximate surface area is 164 Å². The fourth-order valence-corrected chi connectivity index (χ4v) is 3.20. The number of carbonyl (C=O) groups excluding carboxylic acids is 1. The summed E-state index contributed by atoms with van der Waals surface area (Å²) >= 11 is 0. The van der Waals surface area contributed by atoms with Crippen LogP contribution in [-0.2, 0) is 13.1 Å². The maximum Gasteiger partial charge on any atom is 0.317 e. The van der Waals surface area contributed by atoms with Gasteiger partial charge in [-0.2, -0.15) is 0 Å². The van der Waals surface area contributed by atoms with Crippen LogP contribution < -0.4 is 5.32 Å². The van der Waals surface area contributed by atoms with Crippen molar-refractivity contribution in [2.24, 2.45) is 0 Å². The maximum absolute atomic E-state index is 12.4. The smallest absolute Gasteiger partial charge is 0.317 e. The second kappa shape index (κ2) is 8.67. The highest BCUT2D eigenvalue weighted by atomic mass is 16.4. The quantitative estimate of drug-likeness (QED) is 0.740. The van der Waals surface area contributed by atoms with E-state index in [-0.39, 0.29) is 6.03 Å². The van der Waals surface area contributed by atoms with Gasteiger partial charge in [-0.15, -0.1) is 10.2 Å². The van der Waals surface area contributed by atoms with Gasteiger partial charge in [0, 0.05) is 38.3 Å². The maximum atomic E-state index is 12.4. The first-order valence-corrected chi connectivity index (χ1v) is 9.45. The monoisotopic (exact) mass is 377 g/mol. The molecule has 1 fully saturated rings. The Balaban J connectivity index is 1.24. The van der Waals surface area contributed by atoms with Gasteiger partial charge in [-0.3, -0.25) is 4.90 Å². The highest BCUT2D eigenvalue weighted by Gasteiger charge is 2.22. The zero-order chi connectivity index (χ0) is 19.2. The predicted molar refractivity (Wildman–Crippen MR) is 105 cm³/mol. The summed E-state index contributed by atoms with van der Waals surface area (Å²) in [5.41, 5.74) is 2.02. The number of piperazine rings is 1. The van der Waals surface area contributed by atoms with Gasteiger partial charge in [0.2, 0.25) is 11.8 Å². The van der Waals surface area contributed by atoms with Gasteiger partial charge in [0.1, 0.15) is 0 Å². The molecule has 2 amide bonds. The van der Waals surface area contributed by atoms with E-state index < -0.39 is 0 Å². The number of hydrogen-bond donors (Lipinski definition) is 1. The molecule has 144 valence electrons. The molecule has 0 saturated carbocycles.